The van der Waals surface area contributed by atoms with E-state index in [1.807, 2.05) is 30.0 Å². The second-order valence-corrected chi connectivity index (χ2v) is 6.68. The molecule has 0 aromatic heterocycles. The molecular formula is C16H24N2O2S. The van der Waals surface area contributed by atoms with Crippen LogP contribution in [-0.2, 0) is 5.75 Å². The van der Waals surface area contributed by atoms with Crippen LogP contribution in [0.5, 0.6) is 0 Å². The SMILES string of the molecule is CCSCc1cccc(NC(=O)N2CCCC(CO)C2)c1. The molecule has 1 unspecified atom stereocenters. The first-order valence-electron chi connectivity index (χ1n) is 7.56. The Morgan fingerprint density at radius 3 is 3.14 bits per heavy atom. The third kappa shape index (κ3) is 4.93. The fraction of sp³-hybridized carbons (Fsp3) is 0.562. The van der Waals surface area contributed by atoms with Crippen LogP contribution < -0.4 is 5.32 Å². The summed E-state index contributed by atoms with van der Waals surface area (Å²) in [6.07, 6.45) is 1.97. The highest BCUT2D eigenvalue weighted by atomic mass is 32.2. The number of aliphatic hydroxyl groups excluding tert-OH is 1. The van der Waals surface area contributed by atoms with Gasteiger partial charge < -0.3 is 15.3 Å². The quantitative estimate of drug-likeness (QED) is 0.878. The number of rotatable bonds is 5. The minimum Gasteiger partial charge on any atom is -0.396 e. The maximum atomic E-state index is 12.3. The number of likely N-dealkylation sites (tertiary alicyclic amines) is 1. The molecular weight excluding hydrogens is 284 g/mol. The predicted octanol–water partition coefficient (Wildman–Crippen LogP) is 3.18. The summed E-state index contributed by atoms with van der Waals surface area (Å²) >= 11 is 1.87. The maximum absolute atomic E-state index is 12.3. The number of nitrogens with zero attached hydrogens (tertiary/aromatic N) is 1. The lowest BCUT2D eigenvalue weighted by molar-refractivity contribution is 0.136. The van der Waals surface area contributed by atoms with Gasteiger partial charge in [-0.05, 0) is 42.2 Å². The molecule has 0 saturated carbocycles. The van der Waals surface area contributed by atoms with Crippen molar-refractivity contribution in [3.05, 3.63) is 29.8 Å². The van der Waals surface area contributed by atoms with Crippen molar-refractivity contribution < 1.29 is 9.90 Å². The highest BCUT2D eigenvalue weighted by molar-refractivity contribution is 7.98. The van der Waals surface area contributed by atoms with Gasteiger partial charge in [-0.3, -0.25) is 0 Å². The molecule has 2 N–H and O–H groups in total. The number of carbonyl (C=O) groups is 1. The van der Waals surface area contributed by atoms with E-state index in [4.69, 9.17) is 0 Å². The van der Waals surface area contributed by atoms with E-state index >= 15 is 0 Å². The highest BCUT2D eigenvalue weighted by Crippen LogP contribution is 2.19. The lowest BCUT2D eigenvalue weighted by Crippen LogP contribution is -2.43. The Bertz CT molecular complexity index is 467. The van der Waals surface area contributed by atoms with Gasteiger partial charge in [0.25, 0.3) is 0 Å². The van der Waals surface area contributed by atoms with Crippen LogP contribution in [0.3, 0.4) is 0 Å². The minimum atomic E-state index is -0.0616. The summed E-state index contributed by atoms with van der Waals surface area (Å²) in [6.45, 7) is 3.72. The third-order valence-electron chi connectivity index (χ3n) is 3.72. The highest BCUT2D eigenvalue weighted by Gasteiger charge is 2.23. The number of piperidine rings is 1. The van der Waals surface area contributed by atoms with Gasteiger partial charge in [0.1, 0.15) is 0 Å². The molecule has 2 rings (SSSR count). The smallest absolute Gasteiger partial charge is 0.321 e. The summed E-state index contributed by atoms with van der Waals surface area (Å²) in [5, 5.41) is 12.2. The Morgan fingerprint density at radius 2 is 2.38 bits per heavy atom. The van der Waals surface area contributed by atoms with Crippen LogP contribution in [0, 0.1) is 5.92 Å². The average Bonchev–Trinajstić information content (AvgIpc) is 2.53. The normalized spacial score (nSPS) is 18.6. The lowest BCUT2D eigenvalue weighted by Gasteiger charge is -2.31. The molecule has 1 aromatic rings. The second-order valence-electron chi connectivity index (χ2n) is 5.40. The standard InChI is InChI=1S/C16H24N2O2S/c1-2-21-12-13-5-3-7-15(9-13)17-16(20)18-8-4-6-14(10-18)11-19/h3,5,7,9,14,19H,2,4,6,8,10-12H2,1H3,(H,17,20). The molecule has 1 fully saturated rings. The maximum Gasteiger partial charge on any atom is 0.321 e. The Hall–Kier alpha value is -1.20. The molecule has 5 heteroatoms. The van der Waals surface area contributed by atoms with Gasteiger partial charge in [-0.25, -0.2) is 4.79 Å². The molecule has 1 aliphatic rings. The van der Waals surface area contributed by atoms with Gasteiger partial charge in [0, 0.05) is 31.1 Å². The van der Waals surface area contributed by atoms with Gasteiger partial charge in [0.2, 0.25) is 0 Å². The number of hydrogen-bond acceptors (Lipinski definition) is 3. The number of carbonyl (C=O) groups excluding carboxylic acids is 1. The molecule has 4 nitrogen and oxygen atoms in total. The Balaban J connectivity index is 1.92. The second kappa shape index (κ2) is 8.29. The lowest BCUT2D eigenvalue weighted by atomic mass is 9.99. The topological polar surface area (TPSA) is 52.6 Å². The van der Waals surface area contributed by atoms with Crippen LogP contribution in [0.4, 0.5) is 10.5 Å². The zero-order valence-electron chi connectivity index (χ0n) is 12.5. The predicted molar refractivity (Wildman–Crippen MR) is 88.7 cm³/mol. The van der Waals surface area contributed by atoms with Crippen LogP contribution in [-0.4, -0.2) is 41.5 Å². The third-order valence-corrected chi connectivity index (χ3v) is 4.66. The molecule has 1 atom stereocenters. The molecule has 116 valence electrons. The monoisotopic (exact) mass is 308 g/mol. The van der Waals surface area contributed by atoms with Gasteiger partial charge in [-0.2, -0.15) is 11.8 Å². The van der Waals surface area contributed by atoms with Crippen molar-refractivity contribution in [3.63, 3.8) is 0 Å². The van der Waals surface area contributed by atoms with Crippen molar-refractivity contribution in [2.24, 2.45) is 5.92 Å². The molecule has 0 radical (unpaired) electrons. The summed E-state index contributed by atoms with van der Waals surface area (Å²) < 4.78 is 0. The Kier molecular flexibility index (Phi) is 6.39. The fourth-order valence-corrected chi connectivity index (χ4v) is 3.18. The van der Waals surface area contributed by atoms with Crippen LogP contribution >= 0.6 is 11.8 Å². The van der Waals surface area contributed by atoms with E-state index in [9.17, 15) is 9.90 Å². The molecule has 0 aliphatic carbocycles. The number of nitrogens with one attached hydrogen (secondary N) is 1. The minimum absolute atomic E-state index is 0.0616. The van der Waals surface area contributed by atoms with E-state index in [1.54, 1.807) is 4.90 Å². The van der Waals surface area contributed by atoms with Gasteiger partial charge in [0.15, 0.2) is 0 Å². The summed E-state index contributed by atoms with van der Waals surface area (Å²) in [5.41, 5.74) is 2.08. The van der Waals surface area contributed by atoms with E-state index in [0.717, 1.165) is 36.6 Å². The van der Waals surface area contributed by atoms with Crippen molar-refractivity contribution in [2.45, 2.75) is 25.5 Å². The summed E-state index contributed by atoms with van der Waals surface area (Å²) in [6, 6.07) is 7.96. The largest absolute Gasteiger partial charge is 0.396 e. The molecule has 0 bridgehead atoms. The first-order chi connectivity index (χ1) is 10.2. The molecule has 1 aromatic carbocycles. The van der Waals surface area contributed by atoms with Crippen molar-refractivity contribution >= 4 is 23.5 Å². The van der Waals surface area contributed by atoms with E-state index < -0.39 is 0 Å². The summed E-state index contributed by atoms with van der Waals surface area (Å²) in [7, 11) is 0. The number of aliphatic hydroxyl groups is 1. The summed E-state index contributed by atoms with van der Waals surface area (Å²) in [4.78, 5) is 14.1. The Labute approximate surface area is 130 Å². The van der Waals surface area contributed by atoms with Crippen LogP contribution in [0.1, 0.15) is 25.3 Å². The van der Waals surface area contributed by atoms with Crippen molar-refractivity contribution in [1.82, 2.24) is 4.90 Å². The number of urea groups is 1. The zero-order chi connectivity index (χ0) is 15.1. The van der Waals surface area contributed by atoms with E-state index in [-0.39, 0.29) is 18.6 Å². The Morgan fingerprint density at radius 1 is 1.52 bits per heavy atom. The molecule has 1 aliphatic heterocycles. The van der Waals surface area contributed by atoms with E-state index in [2.05, 4.69) is 18.3 Å². The molecule has 2 amide bonds. The van der Waals surface area contributed by atoms with Crippen LogP contribution in [0.25, 0.3) is 0 Å². The number of hydrogen-bond donors (Lipinski definition) is 2. The van der Waals surface area contributed by atoms with Crippen molar-refractivity contribution in [1.29, 1.82) is 0 Å². The fourth-order valence-electron chi connectivity index (χ4n) is 2.56. The van der Waals surface area contributed by atoms with Crippen LogP contribution in [0.2, 0.25) is 0 Å². The first-order valence-corrected chi connectivity index (χ1v) is 8.72. The molecule has 1 saturated heterocycles. The van der Waals surface area contributed by atoms with Crippen molar-refractivity contribution in [3.8, 4) is 0 Å². The first kappa shape index (κ1) is 16.2. The molecule has 0 spiro atoms. The van der Waals surface area contributed by atoms with Gasteiger partial charge in [-0.15, -0.1) is 0 Å². The number of anilines is 1. The van der Waals surface area contributed by atoms with Gasteiger partial charge >= 0.3 is 6.03 Å². The van der Waals surface area contributed by atoms with Gasteiger partial charge in [-0.1, -0.05) is 19.1 Å². The molecule has 1 heterocycles. The number of amides is 2. The van der Waals surface area contributed by atoms with E-state index in [0.29, 0.717) is 6.54 Å². The number of benzene rings is 1. The van der Waals surface area contributed by atoms with Crippen LogP contribution in [0.15, 0.2) is 24.3 Å². The summed E-state index contributed by atoms with van der Waals surface area (Å²) in [5.74, 6) is 2.28. The van der Waals surface area contributed by atoms with Crippen molar-refractivity contribution in [2.75, 3.05) is 30.8 Å². The zero-order valence-corrected chi connectivity index (χ0v) is 13.4. The average molecular weight is 308 g/mol. The van der Waals surface area contributed by atoms with E-state index in [1.165, 1.54) is 5.56 Å². The number of thioether (sulfide) groups is 1. The van der Waals surface area contributed by atoms with Gasteiger partial charge in [0.05, 0.1) is 0 Å². The molecule has 21 heavy (non-hydrogen) atoms.